The molecule has 0 spiro atoms. The second-order valence-electron chi connectivity index (χ2n) is 7.86. The maximum atomic E-state index is 13.4. The van der Waals surface area contributed by atoms with Crippen molar-refractivity contribution >= 4 is 11.8 Å². The number of H-pyrrole nitrogens is 1. The van der Waals surface area contributed by atoms with Crippen LogP contribution in [0.25, 0.3) is 22.5 Å². The molecule has 0 unspecified atom stereocenters. The summed E-state index contributed by atoms with van der Waals surface area (Å²) in [4.78, 5) is 16.1. The number of anilines is 2. The molecule has 1 aliphatic rings. The number of benzene rings is 2. The highest BCUT2D eigenvalue weighted by atomic mass is 19.4. The predicted molar refractivity (Wildman–Crippen MR) is 123 cm³/mol. The van der Waals surface area contributed by atoms with Crippen molar-refractivity contribution < 1.29 is 13.2 Å². The average Bonchev–Trinajstić information content (AvgIpc) is 3.30. The Balaban J connectivity index is 1.42. The first-order valence-electron chi connectivity index (χ1n) is 10.7. The summed E-state index contributed by atoms with van der Waals surface area (Å²) < 4.78 is 40.3. The fourth-order valence-electron chi connectivity index (χ4n) is 4.13. The van der Waals surface area contributed by atoms with Gasteiger partial charge in [0.15, 0.2) is 0 Å². The average molecular weight is 449 g/mol. The molecule has 5 rings (SSSR count). The zero-order valence-electron chi connectivity index (χ0n) is 17.8. The third kappa shape index (κ3) is 4.28. The highest BCUT2D eigenvalue weighted by Gasteiger charge is 2.36. The molecule has 0 saturated carbocycles. The van der Waals surface area contributed by atoms with Crippen molar-refractivity contribution in [2.45, 2.75) is 6.18 Å². The van der Waals surface area contributed by atoms with Gasteiger partial charge < -0.3 is 14.8 Å². The summed E-state index contributed by atoms with van der Waals surface area (Å²) in [5.74, 6) is 0.698. The van der Waals surface area contributed by atoms with Crippen LogP contribution in [0.15, 0.2) is 79.0 Å². The van der Waals surface area contributed by atoms with Crippen molar-refractivity contribution in [3.8, 4) is 22.5 Å². The molecule has 0 radical (unpaired) electrons. The molecule has 0 amide bonds. The van der Waals surface area contributed by atoms with Gasteiger partial charge in [-0.3, -0.25) is 0 Å². The number of rotatable bonds is 4. The van der Waals surface area contributed by atoms with E-state index in [2.05, 4.69) is 14.9 Å². The molecule has 1 N–H and O–H groups in total. The Bertz CT molecular complexity index is 1160. The molecule has 1 saturated heterocycles. The number of hydrogen-bond donors (Lipinski definition) is 1. The number of piperazine rings is 1. The Morgan fingerprint density at radius 3 is 1.97 bits per heavy atom. The van der Waals surface area contributed by atoms with Crippen LogP contribution in [0.3, 0.4) is 0 Å². The summed E-state index contributed by atoms with van der Waals surface area (Å²) in [5.41, 5.74) is 3.10. The molecule has 1 fully saturated rings. The van der Waals surface area contributed by atoms with Crippen LogP contribution in [0, 0.1) is 0 Å². The minimum absolute atomic E-state index is 0.0148. The van der Waals surface area contributed by atoms with Gasteiger partial charge in [-0.25, -0.2) is 9.97 Å². The first-order valence-corrected chi connectivity index (χ1v) is 10.7. The zero-order valence-corrected chi connectivity index (χ0v) is 17.8. The van der Waals surface area contributed by atoms with Crippen LogP contribution in [-0.4, -0.2) is 41.1 Å². The molecule has 8 heteroatoms. The lowest BCUT2D eigenvalue weighted by atomic mass is 10.1. The van der Waals surface area contributed by atoms with Gasteiger partial charge in [0.1, 0.15) is 5.82 Å². The summed E-state index contributed by atoms with van der Waals surface area (Å²) in [6, 6.07) is 22.3. The van der Waals surface area contributed by atoms with Gasteiger partial charge in [0.2, 0.25) is 5.95 Å². The number of pyridine rings is 1. The van der Waals surface area contributed by atoms with E-state index >= 15 is 0 Å². The minimum Gasteiger partial charge on any atom is -0.353 e. The van der Waals surface area contributed by atoms with E-state index < -0.39 is 11.7 Å². The van der Waals surface area contributed by atoms with Crippen molar-refractivity contribution in [3.63, 3.8) is 0 Å². The molecule has 0 atom stereocenters. The maximum Gasteiger partial charge on any atom is 0.419 e. The lowest BCUT2D eigenvalue weighted by Crippen LogP contribution is -2.47. The largest absolute Gasteiger partial charge is 0.419 e. The number of imidazole rings is 1. The predicted octanol–water partition coefficient (Wildman–Crippen LogP) is 5.48. The molecular weight excluding hydrogens is 427 g/mol. The summed E-state index contributed by atoms with van der Waals surface area (Å²) in [7, 11) is 0. The van der Waals surface area contributed by atoms with Gasteiger partial charge in [0.25, 0.3) is 0 Å². The second-order valence-corrected chi connectivity index (χ2v) is 7.86. The van der Waals surface area contributed by atoms with Gasteiger partial charge in [-0.15, -0.1) is 0 Å². The van der Waals surface area contributed by atoms with Crippen LogP contribution in [0.1, 0.15) is 5.56 Å². The summed E-state index contributed by atoms with van der Waals surface area (Å²) in [5, 5.41) is 0. The molecule has 168 valence electrons. The van der Waals surface area contributed by atoms with Gasteiger partial charge in [-0.2, -0.15) is 13.2 Å². The molecule has 2 aromatic heterocycles. The Morgan fingerprint density at radius 1 is 0.727 bits per heavy atom. The SMILES string of the molecule is FC(F)(F)c1cccnc1N1CCN(c2nc(-c3ccccc3)c(-c3ccccc3)[nH]2)CC1. The molecule has 0 bridgehead atoms. The second kappa shape index (κ2) is 8.61. The van der Waals surface area contributed by atoms with Crippen molar-refractivity contribution in [1.82, 2.24) is 15.0 Å². The summed E-state index contributed by atoms with van der Waals surface area (Å²) in [6.45, 7) is 1.90. The molecule has 33 heavy (non-hydrogen) atoms. The van der Waals surface area contributed by atoms with Crippen LogP contribution in [0.5, 0.6) is 0 Å². The molecule has 4 aromatic rings. The quantitative estimate of drug-likeness (QED) is 0.448. The van der Waals surface area contributed by atoms with Crippen LogP contribution in [-0.2, 0) is 6.18 Å². The number of alkyl halides is 3. The zero-order chi connectivity index (χ0) is 22.8. The fraction of sp³-hybridized carbons (Fsp3) is 0.200. The van der Waals surface area contributed by atoms with E-state index in [0.29, 0.717) is 32.1 Å². The number of nitrogens with one attached hydrogen (secondary N) is 1. The maximum absolute atomic E-state index is 13.4. The van der Waals surface area contributed by atoms with E-state index in [-0.39, 0.29) is 5.82 Å². The van der Waals surface area contributed by atoms with E-state index in [0.717, 1.165) is 28.6 Å². The highest BCUT2D eigenvalue weighted by molar-refractivity contribution is 5.80. The first kappa shape index (κ1) is 21.1. The van der Waals surface area contributed by atoms with E-state index in [9.17, 15) is 13.2 Å². The van der Waals surface area contributed by atoms with Gasteiger partial charge in [-0.05, 0) is 12.1 Å². The number of nitrogens with zero attached hydrogens (tertiary/aromatic N) is 4. The molecule has 0 aliphatic carbocycles. The summed E-state index contributed by atoms with van der Waals surface area (Å²) >= 11 is 0. The number of halogens is 3. The topological polar surface area (TPSA) is 48.1 Å². The minimum atomic E-state index is -4.43. The van der Waals surface area contributed by atoms with Gasteiger partial charge in [-0.1, -0.05) is 60.7 Å². The van der Waals surface area contributed by atoms with Crippen LogP contribution < -0.4 is 9.80 Å². The Kier molecular flexibility index (Phi) is 5.50. The van der Waals surface area contributed by atoms with Crippen molar-refractivity contribution in [3.05, 3.63) is 84.6 Å². The van der Waals surface area contributed by atoms with E-state index in [4.69, 9.17) is 4.98 Å². The van der Waals surface area contributed by atoms with Crippen molar-refractivity contribution in [2.24, 2.45) is 0 Å². The van der Waals surface area contributed by atoms with Crippen LogP contribution in [0.4, 0.5) is 24.9 Å². The number of aromatic nitrogens is 3. The Morgan fingerprint density at radius 2 is 1.33 bits per heavy atom. The molecule has 2 aromatic carbocycles. The Hall–Kier alpha value is -3.81. The molecule has 5 nitrogen and oxygen atoms in total. The fourth-order valence-corrected chi connectivity index (χ4v) is 4.13. The van der Waals surface area contributed by atoms with E-state index in [1.54, 1.807) is 4.90 Å². The number of hydrogen-bond acceptors (Lipinski definition) is 4. The van der Waals surface area contributed by atoms with Crippen molar-refractivity contribution in [2.75, 3.05) is 36.0 Å². The molecule has 3 heterocycles. The van der Waals surface area contributed by atoms with E-state index in [1.807, 2.05) is 60.7 Å². The van der Waals surface area contributed by atoms with Gasteiger partial charge in [0, 0.05) is 43.5 Å². The summed E-state index contributed by atoms with van der Waals surface area (Å²) in [6.07, 6.45) is -3.03. The molecule has 1 aliphatic heterocycles. The van der Waals surface area contributed by atoms with Crippen molar-refractivity contribution in [1.29, 1.82) is 0 Å². The Labute approximate surface area is 189 Å². The normalized spacial score (nSPS) is 14.5. The molecular formula is C25H22F3N5. The van der Waals surface area contributed by atoms with Crippen LogP contribution >= 0.6 is 0 Å². The lowest BCUT2D eigenvalue weighted by Gasteiger charge is -2.36. The monoisotopic (exact) mass is 449 g/mol. The van der Waals surface area contributed by atoms with E-state index in [1.165, 1.54) is 12.3 Å². The smallest absolute Gasteiger partial charge is 0.353 e. The third-order valence-corrected chi connectivity index (χ3v) is 5.77. The van der Waals surface area contributed by atoms with Gasteiger partial charge in [0.05, 0.1) is 17.0 Å². The standard InChI is InChI=1S/C25H22F3N5/c26-25(27,28)20-12-7-13-29-23(20)32-14-16-33(17-15-32)24-30-21(18-8-3-1-4-9-18)22(31-24)19-10-5-2-6-11-19/h1-13H,14-17H2,(H,30,31). The highest BCUT2D eigenvalue weighted by Crippen LogP contribution is 2.36. The third-order valence-electron chi connectivity index (χ3n) is 5.77. The van der Waals surface area contributed by atoms with Crippen LogP contribution in [0.2, 0.25) is 0 Å². The number of aromatic amines is 1. The van der Waals surface area contributed by atoms with Gasteiger partial charge >= 0.3 is 6.18 Å². The first-order chi connectivity index (χ1) is 16.0. The lowest BCUT2D eigenvalue weighted by molar-refractivity contribution is -0.137.